The van der Waals surface area contributed by atoms with E-state index in [-0.39, 0.29) is 11.5 Å². The van der Waals surface area contributed by atoms with E-state index < -0.39 is 5.82 Å². The van der Waals surface area contributed by atoms with Crippen molar-refractivity contribution in [3.63, 3.8) is 0 Å². The number of carbonyl (C=O) groups excluding carboxylic acids is 1. The number of benzene rings is 1. The van der Waals surface area contributed by atoms with E-state index in [1.165, 1.54) is 19.1 Å². The third-order valence-corrected chi connectivity index (χ3v) is 3.69. The average molecular weight is 275 g/mol. The summed E-state index contributed by atoms with van der Waals surface area (Å²) in [5.41, 5.74) is 0.897. The smallest absolute Gasteiger partial charge is 0.216 e. The lowest BCUT2D eigenvalue weighted by Gasteiger charge is -2.33. The standard InChI is InChI=1S/C15H18FN3O/c1-11(20)18-10-12-4-6-19(7-5-12)14-3-2-13(9-17)15(16)8-14/h2-3,8,12H,4-7,10H2,1H3,(H,18,20). The lowest BCUT2D eigenvalue weighted by atomic mass is 9.96. The van der Waals surface area contributed by atoms with Gasteiger partial charge in [-0.3, -0.25) is 4.79 Å². The van der Waals surface area contributed by atoms with Gasteiger partial charge in [-0.1, -0.05) is 0 Å². The first-order chi connectivity index (χ1) is 9.60. The normalized spacial score (nSPS) is 15.8. The molecular weight excluding hydrogens is 257 g/mol. The first-order valence-corrected chi connectivity index (χ1v) is 6.79. The molecule has 1 heterocycles. The molecular formula is C15H18FN3O. The number of nitriles is 1. The number of halogens is 1. The van der Waals surface area contributed by atoms with E-state index in [0.717, 1.165) is 31.6 Å². The molecule has 1 aliphatic rings. The second-order valence-electron chi connectivity index (χ2n) is 5.14. The number of hydrogen-bond acceptors (Lipinski definition) is 3. The summed E-state index contributed by atoms with van der Waals surface area (Å²) in [5.74, 6) is 0.0188. The van der Waals surface area contributed by atoms with Gasteiger partial charge in [0.25, 0.3) is 0 Å². The van der Waals surface area contributed by atoms with Crippen molar-refractivity contribution < 1.29 is 9.18 Å². The minimum atomic E-state index is -0.467. The Kier molecular flexibility index (Phi) is 4.57. The molecule has 0 unspecified atom stereocenters. The third-order valence-electron chi connectivity index (χ3n) is 3.69. The van der Waals surface area contributed by atoms with Crippen LogP contribution in [0.2, 0.25) is 0 Å². The van der Waals surface area contributed by atoms with Gasteiger partial charge < -0.3 is 10.2 Å². The molecule has 1 fully saturated rings. The number of amides is 1. The summed E-state index contributed by atoms with van der Waals surface area (Å²) >= 11 is 0. The molecule has 106 valence electrons. The number of anilines is 1. The van der Waals surface area contributed by atoms with Crippen LogP contribution in [0.4, 0.5) is 10.1 Å². The number of nitrogens with one attached hydrogen (secondary N) is 1. The highest BCUT2D eigenvalue weighted by Crippen LogP contribution is 2.24. The Morgan fingerprint density at radius 1 is 1.50 bits per heavy atom. The number of carbonyl (C=O) groups is 1. The quantitative estimate of drug-likeness (QED) is 0.918. The van der Waals surface area contributed by atoms with Crippen LogP contribution in [0.1, 0.15) is 25.3 Å². The predicted molar refractivity (Wildman–Crippen MR) is 74.7 cm³/mol. The van der Waals surface area contributed by atoms with Crippen molar-refractivity contribution in [3.8, 4) is 6.07 Å². The average Bonchev–Trinajstić information content (AvgIpc) is 2.45. The van der Waals surface area contributed by atoms with E-state index in [4.69, 9.17) is 5.26 Å². The van der Waals surface area contributed by atoms with Gasteiger partial charge in [0.1, 0.15) is 11.9 Å². The highest BCUT2D eigenvalue weighted by Gasteiger charge is 2.20. The fourth-order valence-electron chi connectivity index (χ4n) is 2.47. The van der Waals surface area contributed by atoms with Gasteiger partial charge in [0, 0.05) is 32.2 Å². The molecule has 0 saturated carbocycles. The summed E-state index contributed by atoms with van der Waals surface area (Å²) in [6, 6.07) is 6.56. The highest BCUT2D eigenvalue weighted by atomic mass is 19.1. The maximum Gasteiger partial charge on any atom is 0.216 e. The molecule has 0 aliphatic carbocycles. The number of piperidine rings is 1. The maximum absolute atomic E-state index is 13.6. The van der Waals surface area contributed by atoms with Crippen molar-refractivity contribution in [1.82, 2.24) is 5.32 Å². The molecule has 1 N–H and O–H groups in total. The molecule has 0 radical (unpaired) electrons. The molecule has 1 amide bonds. The van der Waals surface area contributed by atoms with Gasteiger partial charge in [0.05, 0.1) is 5.56 Å². The fraction of sp³-hybridized carbons (Fsp3) is 0.467. The molecule has 1 aliphatic heterocycles. The molecule has 0 atom stereocenters. The largest absolute Gasteiger partial charge is 0.371 e. The molecule has 1 aromatic rings. The molecule has 1 saturated heterocycles. The van der Waals surface area contributed by atoms with Crippen LogP contribution < -0.4 is 10.2 Å². The van der Waals surface area contributed by atoms with Gasteiger partial charge in [-0.25, -0.2) is 4.39 Å². The SMILES string of the molecule is CC(=O)NCC1CCN(c2ccc(C#N)c(F)c2)CC1. The molecule has 20 heavy (non-hydrogen) atoms. The first-order valence-electron chi connectivity index (χ1n) is 6.79. The van der Waals surface area contributed by atoms with Crippen LogP contribution in [-0.4, -0.2) is 25.5 Å². The van der Waals surface area contributed by atoms with Gasteiger partial charge in [0.15, 0.2) is 0 Å². The van der Waals surface area contributed by atoms with Gasteiger partial charge in [0.2, 0.25) is 5.91 Å². The van der Waals surface area contributed by atoms with Gasteiger partial charge in [-0.2, -0.15) is 5.26 Å². The summed E-state index contributed by atoms with van der Waals surface area (Å²) in [6.45, 7) is 3.92. The van der Waals surface area contributed by atoms with Crippen LogP contribution in [0.15, 0.2) is 18.2 Å². The Bertz CT molecular complexity index is 530. The molecule has 0 bridgehead atoms. The maximum atomic E-state index is 13.6. The minimum absolute atomic E-state index is 0.00147. The Hall–Kier alpha value is -2.09. The molecule has 5 heteroatoms. The fourth-order valence-corrected chi connectivity index (χ4v) is 2.47. The van der Waals surface area contributed by atoms with Crippen LogP contribution in [-0.2, 0) is 4.79 Å². The number of rotatable bonds is 3. The van der Waals surface area contributed by atoms with Crippen LogP contribution in [0.5, 0.6) is 0 Å². The van der Waals surface area contributed by atoms with Crippen molar-refractivity contribution in [1.29, 1.82) is 5.26 Å². The van der Waals surface area contributed by atoms with Crippen molar-refractivity contribution in [2.45, 2.75) is 19.8 Å². The second-order valence-corrected chi connectivity index (χ2v) is 5.14. The molecule has 1 aromatic carbocycles. The van der Waals surface area contributed by atoms with Crippen molar-refractivity contribution in [2.75, 3.05) is 24.5 Å². The van der Waals surface area contributed by atoms with Crippen molar-refractivity contribution >= 4 is 11.6 Å². The zero-order chi connectivity index (χ0) is 14.5. The molecule has 0 spiro atoms. The van der Waals surface area contributed by atoms with Crippen LogP contribution in [0.3, 0.4) is 0 Å². The predicted octanol–water partition coefficient (Wildman–Crippen LogP) is 2.05. The number of hydrogen-bond donors (Lipinski definition) is 1. The van der Waals surface area contributed by atoms with Crippen molar-refractivity contribution in [2.24, 2.45) is 5.92 Å². The first kappa shape index (κ1) is 14.3. The van der Waals surface area contributed by atoms with Gasteiger partial charge in [-0.15, -0.1) is 0 Å². The Labute approximate surface area is 118 Å². The molecule has 0 aromatic heterocycles. The van der Waals surface area contributed by atoms with E-state index in [2.05, 4.69) is 10.2 Å². The van der Waals surface area contributed by atoms with Crippen LogP contribution in [0.25, 0.3) is 0 Å². The Morgan fingerprint density at radius 2 is 2.20 bits per heavy atom. The summed E-state index contributed by atoms with van der Waals surface area (Å²) in [4.78, 5) is 13.0. The van der Waals surface area contributed by atoms with E-state index in [0.29, 0.717) is 12.5 Å². The third kappa shape index (κ3) is 3.47. The van der Waals surface area contributed by atoms with Crippen LogP contribution in [0, 0.1) is 23.1 Å². The summed E-state index contributed by atoms with van der Waals surface area (Å²) in [6.07, 6.45) is 1.95. The Morgan fingerprint density at radius 3 is 2.75 bits per heavy atom. The number of nitrogens with zero attached hydrogens (tertiary/aromatic N) is 2. The topological polar surface area (TPSA) is 56.1 Å². The Balaban J connectivity index is 1.92. The van der Waals surface area contributed by atoms with E-state index in [1.807, 2.05) is 6.07 Å². The zero-order valence-electron chi connectivity index (χ0n) is 11.5. The highest BCUT2D eigenvalue weighted by molar-refractivity contribution is 5.72. The zero-order valence-corrected chi connectivity index (χ0v) is 11.5. The van der Waals surface area contributed by atoms with Crippen molar-refractivity contribution in [3.05, 3.63) is 29.6 Å². The second kappa shape index (κ2) is 6.38. The summed E-state index contributed by atoms with van der Waals surface area (Å²) in [7, 11) is 0. The lowest BCUT2D eigenvalue weighted by molar-refractivity contribution is -0.119. The van der Waals surface area contributed by atoms with Gasteiger partial charge in [-0.05, 0) is 37.0 Å². The lowest BCUT2D eigenvalue weighted by Crippen LogP contribution is -2.38. The molecule has 2 rings (SSSR count). The monoisotopic (exact) mass is 275 g/mol. The minimum Gasteiger partial charge on any atom is -0.371 e. The van der Waals surface area contributed by atoms with E-state index in [1.54, 1.807) is 6.07 Å². The summed E-state index contributed by atoms with van der Waals surface area (Å²) < 4.78 is 13.6. The molecule has 4 nitrogen and oxygen atoms in total. The van der Waals surface area contributed by atoms with Crippen LogP contribution >= 0.6 is 0 Å². The van der Waals surface area contributed by atoms with Gasteiger partial charge >= 0.3 is 0 Å². The van der Waals surface area contributed by atoms with E-state index in [9.17, 15) is 9.18 Å². The summed E-state index contributed by atoms with van der Waals surface area (Å²) in [5, 5.41) is 11.6. The van der Waals surface area contributed by atoms with E-state index >= 15 is 0 Å².